The topological polar surface area (TPSA) is 29.4 Å². The fourth-order valence-corrected chi connectivity index (χ4v) is 2.91. The van der Waals surface area contributed by atoms with Crippen LogP contribution in [0.2, 0.25) is 0 Å². The summed E-state index contributed by atoms with van der Waals surface area (Å²) < 4.78 is 0.390. The van der Waals surface area contributed by atoms with E-state index in [1.54, 1.807) is 6.08 Å². The lowest BCUT2D eigenvalue weighted by Crippen LogP contribution is -2.34. The lowest BCUT2D eigenvalue weighted by Gasteiger charge is -2.39. The van der Waals surface area contributed by atoms with Crippen molar-refractivity contribution in [3.8, 4) is 0 Å². The maximum Gasteiger partial charge on any atom is 0.234 e. The molecule has 0 radical (unpaired) electrons. The molecule has 2 atom stereocenters. The van der Waals surface area contributed by atoms with Crippen molar-refractivity contribution in [2.45, 2.75) is 31.9 Å². The summed E-state index contributed by atoms with van der Waals surface area (Å²) in [7, 11) is 0. The maximum absolute atomic E-state index is 9.96. The molecule has 13 heavy (non-hydrogen) atoms. The van der Waals surface area contributed by atoms with Gasteiger partial charge in [-0.25, -0.2) is 9.79 Å². The van der Waals surface area contributed by atoms with Crippen LogP contribution in [0.15, 0.2) is 4.99 Å². The van der Waals surface area contributed by atoms with Crippen LogP contribution in [0.1, 0.15) is 27.2 Å². The van der Waals surface area contributed by atoms with Gasteiger partial charge in [-0.3, -0.25) is 0 Å². The summed E-state index contributed by atoms with van der Waals surface area (Å²) in [6, 6.07) is 0. The Morgan fingerprint density at radius 1 is 1.62 bits per heavy atom. The Hall–Kier alpha value is -0.270. The first-order chi connectivity index (χ1) is 6.06. The molecule has 0 amide bonds. The van der Waals surface area contributed by atoms with Crippen LogP contribution in [0.25, 0.3) is 0 Å². The molecule has 1 heterocycles. The Labute approximate surface area is 84.2 Å². The average Bonchev–Trinajstić information content (AvgIpc) is 2.07. The largest absolute Gasteiger partial charge is 0.234 e. The second kappa shape index (κ2) is 4.30. The number of isocyanates is 1. The van der Waals surface area contributed by atoms with Crippen molar-refractivity contribution in [2.75, 3.05) is 12.3 Å². The number of hydrogen-bond donors (Lipinski definition) is 0. The van der Waals surface area contributed by atoms with Crippen LogP contribution in [-0.2, 0) is 4.79 Å². The van der Waals surface area contributed by atoms with Crippen molar-refractivity contribution in [2.24, 2.45) is 16.8 Å². The third kappa shape index (κ3) is 2.85. The van der Waals surface area contributed by atoms with Gasteiger partial charge in [-0.05, 0) is 24.0 Å². The van der Waals surface area contributed by atoms with Crippen molar-refractivity contribution < 1.29 is 4.79 Å². The summed E-state index contributed by atoms with van der Waals surface area (Å²) in [5, 5.41) is 0. The Bertz CT molecular complexity index is 221. The number of nitrogens with zero attached hydrogens (tertiary/aromatic N) is 1. The molecule has 0 aliphatic carbocycles. The molecule has 0 spiro atoms. The predicted octanol–water partition coefficient (Wildman–Crippen LogP) is 2.49. The summed E-state index contributed by atoms with van der Waals surface area (Å²) in [5.74, 6) is 2.41. The van der Waals surface area contributed by atoms with Gasteiger partial charge in [0.2, 0.25) is 6.08 Å². The summed E-state index contributed by atoms with van der Waals surface area (Å²) in [4.78, 5) is 13.6. The van der Waals surface area contributed by atoms with Gasteiger partial charge in [0.25, 0.3) is 0 Å². The lowest BCUT2D eigenvalue weighted by molar-refractivity contribution is 0.346. The molecule has 1 aliphatic rings. The van der Waals surface area contributed by atoms with Gasteiger partial charge in [0, 0.05) is 4.75 Å². The molecule has 1 aliphatic heterocycles. The highest BCUT2D eigenvalue weighted by molar-refractivity contribution is 8.00. The van der Waals surface area contributed by atoms with E-state index in [4.69, 9.17) is 0 Å². The van der Waals surface area contributed by atoms with Crippen molar-refractivity contribution in [1.82, 2.24) is 0 Å². The van der Waals surface area contributed by atoms with Crippen LogP contribution < -0.4 is 0 Å². The normalized spacial score (nSPS) is 32.2. The molecular weight excluding hydrogens is 182 g/mol. The first kappa shape index (κ1) is 10.8. The van der Waals surface area contributed by atoms with Gasteiger partial charge in [-0.2, -0.15) is 11.8 Å². The minimum atomic E-state index is 0.390. The van der Waals surface area contributed by atoms with Crippen molar-refractivity contribution in [3.05, 3.63) is 0 Å². The van der Waals surface area contributed by atoms with Crippen molar-refractivity contribution in [1.29, 1.82) is 0 Å². The van der Waals surface area contributed by atoms with E-state index in [0.29, 0.717) is 23.1 Å². The molecule has 74 valence electrons. The minimum Gasteiger partial charge on any atom is -0.211 e. The van der Waals surface area contributed by atoms with E-state index in [1.165, 1.54) is 6.42 Å². The second-order valence-corrected chi connectivity index (χ2v) is 6.02. The number of aliphatic imine (C=N–C) groups is 1. The summed E-state index contributed by atoms with van der Waals surface area (Å²) in [5.41, 5.74) is 0. The van der Waals surface area contributed by atoms with Crippen LogP contribution in [0.3, 0.4) is 0 Å². The maximum atomic E-state index is 9.96. The fraction of sp³-hybridized carbons (Fsp3) is 0.900. The first-order valence-electron chi connectivity index (χ1n) is 4.74. The molecular formula is C10H17NOS. The number of rotatable bonds is 2. The molecule has 2 unspecified atom stereocenters. The van der Waals surface area contributed by atoms with Gasteiger partial charge in [-0.1, -0.05) is 20.8 Å². The molecule has 0 aromatic rings. The van der Waals surface area contributed by atoms with Crippen LogP contribution in [0.5, 0.6) is 0 Å². The van der Waals surface area contributed by atoms with Gasteiger partial charge in [0.15, 0.2) is 0 Å². The molecule has 0 N–H and O–H groups in total. The zero-order valence-electron chi connectivity index (χ0n) is 8.54. The van der Waals surface area contributed by atoms with Crippen LogP contribution in [0, 0.1) is 11.8 Å². The zero-order valence-corrected chi connectivity index (χ0v) is 9.36. The highest BCUT2D eigenvalue weighted by Gasteiger charge is 2.33. The standard InChI is InChI=1S/C10H17NOS/c1-8-4-9(5-11-7-12)6-13-10(8,2)3/h8-9H,4-6H2,1-3H3. The van der Waals surface area contributed by atoms with Crippen LogP contribution in [-0.4, -0.2) is 23.1 Å². The van der Waals surface area contributed by atoms with E-state index in [-0.39, 0.29) is 0 Å². The van der Waals surface area contributed by atoms with E-state index in [1.807, 2.05) is 11.8 Å². The first-order valence-corrected chi connectivity index (χ1v) is 5.72. The Kier molecular flexibility index (Phi) is 3.57. The molecule has 1 saturated heterocycles. The van der Waals surface area contributed by atoms with Crippen LogP contribution in [0.4, 0.5) is 0 Å². The molecule has 0 aromatic carbocycles. The van der Waals surface area contributed by atoms with E-state index in [9.17, 15) is 4.79 Å². The monoisotopic (exact) mass is 199 g/mol. The fourth-order valence-electron chi connectivity index (χ4n) is 1.62. The molecule has 1 fully saturated rings. The van der Waals surface area contributed by atoms with E-state index in [0.717, 1.165) is 5.75 Å². The van der Waals surface area contributed by atoms with Gasteiger partial charge in [0.05, 0.1) is 6.54 Å². The Morgan fingerprint density at radius 3 is 2.85 bits per heavy atom. The molecule has 0 aromatic heterocycles. The van der Waals surface area contributed by atoms with Crippen LogP contribution >= 0.6 is 11.8 Å². The van der Waals surface area contributed by atoms with Gasteiger partial charge < -0.3 is 0 Å². The van der Waals surface area contributed by atoms with Crippen molar-refractivity contribution in [3.63, 3.8) is 0 Å². The molecule has 0 bridgehead atoms. The molecule has 3 heteroatoms. The Morgan fingerprint density at radius 2 is 2.31 bits per heavy atom. The molecule has 0 saturated carbocycles. The number of hydrogen-bond acceptors (Lipinski definition) is 3. The summed E-state index contributed by atoms with van der Waals surface area (Å²) >= 11 is 2.00. The van der Waals surface area contributed by atoms with Gasteiger partial charge in [-0.15, -0.1) is 0 Å². The molecule has 2 nitrogen and oxygen atoms in total. The zero-order chi connectivity index (χ0) is 9.90. The molecule has 1 rings (SSSR count). The van der Waals surface area contributed by atoms with Gasteiger partial charge >= 0.3 is 0 Å². The predicted molar refractivity (Wildman–Crippen MR) is 56.8 cm³/mol. The summed E-state index contributed by atoms with van der Waals surface area (Å²) in [6.07, 6.45) is 2.80. The Balaban J connectivity index is 2.46. The van der Waals surface area contributed by atoms with E-state index >= 15 is 0 Å². The van der Waals surface area contributed by atoms with Crippen molar-refractivity contribution >= 4 is 17.8 Å². The minimum absolute atomic E-state index is 0.390. The summed E-state index contributed by atoms with van der Waals surface area (Å²) in [6.45, 7) is 7.53. The van der Waals surface area contributed by atoms with E-state index in [2.05, 4.69) is 25.8 Å². The second-order valence-electron chi connectivity index (χ2n) is 4.35. The lowest BCUT2D eigenvalue weighted by atomic mass is 9.87. The average molecular weight is 199 g/mol. The highest BCUT2D eigenvalue weighted by Crippen LogP contribution is 2.42. The third-order valence-electron chi connectivity index (χ3n) is 2.98. The third-order valence-corrected chi connectivity index (χ3v) is 4.76. The van der Waals surface area contributed by atoms with E-state index < -0.39 is 0 Å². The smallest absolute Gasteiger partial charge is 0.211 e. The highest BCUT2D eigenvalue weighted by atomic mass is 32.2. The number of thioether (sulfide) groups is 1. The number of carbonyl (C=O) groups excluding carboxylic acids is 1. The quantitative estimate of drug-likeness (QED) is 0.505. The van der Waals surface area contributed by atoms with Gasteiger partial charge in [0.1, 0.15) is 0 Å². The SMILES string of the molecule is CC1CC(CN=C=O)CSC1(C)C.